The number of hydrogen-bond donors (Lipinski definition) is 2. The lowest BCUT2D eigenvalue weighted by Crippen LogP contribution is -2.18. The Morgan fingerprint density at radius 1 is 1.05 bits per heavy atom. The van der Waals surface area contributed by atoms with Crippen molar-refractivity contribution in [3.63, 3.8) is 0 Å². The lowest BCUT2D eigenvalue weighted by atomic mass is 10.0. The van der Waals surface area contributed by atoms with E-state index in [2.05, 4.69) is 10.3 Å². The van der Waals surface area contributed by atoms with Crippen LogP contribution in [0.3, 0.4) is 0 Å². The molecule has 0 spiro atoms. The van der Waals surface area contributed by atoms with Crippen molar-refractivity contribution >= 4 is 40.4 Å². The number of hydrogen-bond acceptors (Lipinski definition) is 6. The van der Waals surface area contributed by atoms with Gasteiger partial charge in [0.2, 0.25) is 0 Å². The molecule has 1 unspecified atom stereocenters. The fraction of sp³-hybridized carbons (Fsp3) is 0.148. The first kappa shape index (κ1) is 26.1. The number of alkyl halides is 3. The molecule has 1 amide bonds. The largest absolute Gasteiger partial charge is 0.506 e. The van der Waals surface area contributed by atoms with Crippen molar-refractivity contribution in [1.29, 1.82) is 0 Å². The summed E-state index contributed by atoms with van der Waals surface area (Å²) in [6.07, 6.45) is -6.21. The highest BCUT2D eigenvalue weighted by atomic mass is 35.5. The fourth-order valence-electron chi connectivity index (χ4n) is 4.04. The van der Waals surface area contributed by atoms with Crippen molar-refractivity contribution in [2.45, 2.75) is 18.7 Å². The van der Waals surface area contributed by atoms with Crippen LogP contribution in [-0.4, -0.2) is 28.8 Å². The second-order valence-corrected chi connectivity index (χ2v) is 8.92. The number of carboxylic acid groups (broad SMARTS) is 1. The molecule has 0 fully saturated rings. The summed E-state index contributed by atoms with van der Waals surface area (Å²) in [5, 5.41) is 12.1. The summed E-state index contributed by atoms with van der Waals surface area (Å²) in [7, 11) is 0. The number of pyridine rings is 1. The average molecular weight is 559 g/mol. The molecule has 12 heteroatoms. The van der Waals surface area contributed by atoms with Gasteiger partial charge in [-0.3, -0.25) is 4.79 Å². The van der Waals surface area contributed by atoms with Crippen molar-refractivity contribution < 1.29 is 42.1 Å². The smallest absolute Gasteiger partial charge is 0.493 e. The molecule has 1 atom stereocenters. The maximum Gasteiger partial charge on any atom is 0.506 e. The summed E-state index contributed by atoms with van der Waals surface area (Å²) in [5.41, 5.74) is 0.300. The molecule has 1 aliphatic rings. The molecular formula is C27H18ClF3N2O6. The van der Waals surface area contributed by atoms with Gasteiger partial charge in [-0.2, -0.15) is 13.2 Å². The summed E-state index contributed by atoms with van der Waals surface area (Å²) in [4.78, 5) is 27.9. The van der Waals surface area contributed by atoms with E-state index in [1.165, 1.54) is 36.4 Å². The number of halogens is 4. The molecule has 0 saturated carbocycles. The van der Waals surface area contributed by atoms with E-state index in [1.54, 1.807) is 18.2 Å². The Labute approximate surface area is 223 Å². The Bertz CT molecular complexity index is 1580. The molecule has 0 bridgehead atoms. The van der Waals surface area contributed by atoms with Gasteiger partial charge >= 0.3 is 12.3 Å². The first-order valence-electron chi connectivity index (χ1n) is 11.5. The SMILES string of the molecule is O=C(O)OC1CCOc2cc(Oc3ccc(C(=O)Nc4ccc5cc(C(F)(F)F)ccc5n4)cc3)c(Cl)cc21. The van der Waals surface area contributed by atoms with Crippen molar-refractivity contribution in [2.75, 3.05) is 11.9 Å². The quantitative estimate of drug-likeness (QED) is 0.245. The van der Waals surface area contributed by atoms with Crippen LogP contribution in [0.15, 0.2) is 66.7 Å². The Morgan fingerprint density at radius 2 is 1.82 bits per heavy atom. The van der Waals surface area contributed by atoms with Crippen LogP contribution in [0.4, 0.5) is 23.8 Å². The minimum Gasteiger partial charge on any atom is -0.493 e. The van der Waals surface area contributed by atoms with Crippen LogP contribution < -0.4 is 14.8 Å². The highest BCUT2D eigenvalue weighted by Gasteiger charge is 2.30. The normalized spacial score (nSPS) is 14.7. The molecule has 4 aromatic rings. The van der Waals surface area contributed by atoms with E-state index in [4.69, 9.17) is 30.9 Å². The molecule has 0 aliphatic carbocycles. The molecule has 1 aliphatic heterocycles. The summed E-state index contributed by atoms with van der Waals surface area (Å²) < 4.78 is 55.1. The van der Waals surface area contributed by atoms with Crippen LogP contribution in [-0.2, 0) is 10.9 Å². The van der Waals surface area contributed by atoms with Crippen LogP contribution in [0.25, 0.3) is 10.9 Å². The van der Waals surface area contributed by atoms with Gasteiger partial charge in [0.05, 0.1) is 22.7 Å². The first-order valence-corrected chi connectivity index (χ1v) is 11.9. The summed E-state index contributed by atoms with van der Waals surface area (Å²) in [5.74, 6) is 0.716. The van der Waals surface area contributed by atoms with Gasteiger partial charge in [0.1, 0.15) is 29.2 Å². The van der Waals surface area contributed by atoms with Gasteiger partial charge in [0.15, 0.2) is 0 Å². The molecular weight excluding hydrogens is 541 g/mol. The van der Waals surface area contributed by atoms with Gasteiger partial charge in [0, 0.05) is 29.0 Å². The van der Waals surface area contributed by atoms with E-state index in [1.807, 2.05) is 0 Å². The number of ether oxygens (including phenoxy) is 3. The van der Waals surface area contributed by atoms with Crippen LogP contribution in [0, 0.1) is 0 Å². The molecule has 3 aromatic carbocycles. The zero-order chi connectivity index (χ0) is 27.7. The van der Waals surface area contributed by atoms with Crippen molar-refractivity contribution in [2.24, 2.45) is 0 Å². The van der Waals surface area contributed by atoms with E-state index >= 15 is 0 Å². The van der Waals surface area contributed by atoms with Gasteiger partial charge in [-0.25, -0.2) is 9.78 Å². The molecule has 8 nitrogen and oxygen atoms in total. The third-order valence-electron chi connectivity index (χ3n) is 5.89. The summed E-state index contributed by atoms with van der Waals surface area (Å²) in [6, 6.07) is 15.2. The molecule has 200 valence electrons. The highest BCUT2D eigenvalue weighted by Crippen LogP contribution is 2.42. The molecule has 39 heavy (non-hydrogen) atoms. The molecule has 2 N–H and O–H groups in total. The van der Waals surface area contributed by atoms with E-state index in [9.17, 15) is 22.8 Å². The Balaban J connectivity index is 1.27. The maximum absolute atomic E-state index is 12.9. The zero-order valence-corrected chi connectivity index (χ0v) is 20.5. The number of aromatic nitrogens is 1. The third kappa shape index (κ3) is 5.83. The van der Waals surface area contributed by atoms with Crippen molar-refractivity contribution in [1.82, 2.24) is 4.98 Å². The molecule has 2 heterocycles. The zero-order valence-electron chi connectivity index (χ0n) is 19.8. The fourth-order valence-corrected chi connectivity index (χ4v) is 4.25. The predicted octanol–water partition coefficient (Wildman–Crippen LogP) is 7.47. The van der Waals surface area contributed by atoms with E-state index < -0.39 is 29.9 Å². The molecule has 1 aromatic heterocycles. The van der Waals surface area contributed by atoms with Crippen molar-refractivity contribution in [3.05, 3.63) is 88.4 Å². The van der Waals surface area contributed by atoms with Crippen LogP contribution in [0.1, 0.15) is 34.0 Å². The second kappa shape index (κ2) is 10.3. The van der Waals surface area contributed by atoms with Gasteiger partial charge in [-0.1, -0.05) is 11.6 Å². The number of rotatable bonds is 5. The van der Waals surface area contributed by atoms with E-state index in [0.29, 0.717) is 34.4 Å². The average Bonchev–Trinajstić information content (AvgIpc) is 2.89. The number of nitrogens with one attached hydrogen (secondary N) is 1. The van der Waals surface area contributed by atoms with Gasteiger partial charge in [-0.05, 0) is 60.7 Å². The third-order valence-corrected chi connectivity index (χ3v) is 6.19. The lowest BCUT2D eigenvalue weighted by molar-refractivity contribution is -0.137. The molecule has 5 rings (SSSR count). The standard InChI is InChI=1S/C27H18ClF3N2O6/c28-19-12-18-21(39-26(35)36)9-10-37-22(18)13-23(19)38-17-5-1-14(2-6-17)25(34)33-24-8-3-15-11-16(27(29,30)31)4-7-20(15)32-24/h1-8,11-13,21H,9-10H2,(H,35,36)(H,32,33,34). The van der Waals surface area contributed by atoms with Crippen molar-refractivity contribution in [3.8, 4) is 17.2 Å². The van der Waals surface area contributed by atoms with E-state index in [0.717, 1.165) is 12.1 Å². The first-order chi connectivity index (χ1) is 18.6. The minimum absolute atomic E-state index is 0.179. The number of carbonyl (C=O) groups is 2. The van der Waals surface area contributed by atoms with Gasteiger partial charge in [0.25, 0.3) is 5.91 Å². The molecule has 0 radical (unpaired) electrons. The van der Waals surface area contributed by atoms with Gasteiger partial charge in [-0.15, -0.1) is 0 Å². The predicted molar refractivity (Wildman–Crippen MR) is 135 cm³/mol. The lowest BCUT2D eigenvalue weighted by Gasteiger charge is -2.25. The summed E-state index contributed by atoms with van der Waals surface area (Å²) in [6.45, 7) is 0.260. The Hall–Kier alpha value is -4.51. The number of benzene rings is 3. The Kier molecular flexibility index (Phi) is 6.92. The number of amides is 1. The monoisotopic (exact) mass is 558 g/mol. The van der Waals surface area contributed by atoms with E-state index in [-0.39, 0.29) is 28.8 Å². The summed E-state index contributed by atoms with van der Waals surface area (Å²) >= 11 is 6.35. The Morgan fingerprint density at radius 3 is 2.54 bits per heavy atom. The number of carbonyl (C=O) groups excluding carboxylic acids is 1. The highest BCUT2D eigenvalue weighted by molar-refractivity contribution is 6.32. The topological polar surface area (TPSA) is 107 Å². The number of nitrogens with zero attached hydrogens (tertiary/aromatic N) is 1. The van der Waals surface area contributed by atoms with Gasteiger partial charge < -0.3 is 24.6 Å². The van der Waals surface area contributed by atoms with Crippen LogP contribution >= 0.6 is 11.6 Å². The minimum atomic E-state index is -4.46. The number of anilines is 1. The number of fused-ring (bicyclic) bond motifs is 2. The van der Waals surface area contributed by atoms with Crippen LogP contribution in [0.5, 0.6) is 17.2 Å². The molecule has 0 saturated heterocycles. The second-order valence-electron chi connectivity index (χ2n) is 8.51. The maximum atomic E-state index is 12.9. The van der Waals surface area contributed by atoms with Crippen LogP contribution in [0.2, 0.25) is 5.02 Å².